The molecule has 2 aromatic carbocycles. The maximum Gasteiger partial charge on any atom is 0.243 e. The number of aromatic nitrogens is 1. The summed E-state index contributed by atoms with van der Waals surface area (Å²) in [7, 11) is 0. The number of aromatic amines is 1. The summed E-state index contributed by atoms with van der Waals surface area (Å²) in [6, 6.07) is 5.83. The molecule has 4 rings (SSSR count). The fourth-order valence-corrected chi connectivity index (χ4v) is 8.27. The molecule has 0 bridgehead atoms. The van der Waals surface area contributed by atoms with Crippen LogP contribution in [-0.2, 0) is 60.8 Å². The van der Waals surface area contributed by atoms with Crippen molar-refractivity contribution < 1.29 is 47.9 Å². The lowest BCUT2D eigenvalue weighted by atomic mass is 10.0. The SMILES string of the molecule is CC(=O)NC(CCCNC(=N)N)C(=O)NC1CCCNC(=O)CCC(C(N)=O)NC(=O)[C@H](Cc2c[nH]c3ccccc23)NC(=O)[C@H](CCCNC(=N)N)NC(=O)C(Cc2ccccc2)NC(=O)[C@H](CCC(N)=O)NC1=O. The standard InChI is InChI=1S/C49H71N17O10/c1-27(67)60-33(14-8-22-57-48(52)53)42(71)62-34-15-7-21-56-40(69)20-18-32(41(51)70)61-47(76)38(25-29-26-59-31-13-6-5-12-30(29)31)66-44(73)35(16-9-23-58-49(54)55)63-46(75)37(24-28-10-3-2-4-11-28)65-45(74)36(64-43(34)72)17-19-39(50)68/h2-6,10-13,26,32-38,59H,7-9,14-25H2,1H3,(H2,50,68)(H2,51,70)(H,56,69)(H,60,67)(H,61,76)(H,62,71)(H,63,75)(H,64,72)(H,65,74)(H,66,73)(H4,52,53,57)(H4,54,55,58)/t32?,33?,34?,35-,36-,37?,38-/m0/s1. The molecule has 1 fully saturated rings. The van der Waals surface area contributed by atoms with Gasteiger partial charge < -0.3 is 81.1 Å². The number of benzene rings is 2. The van der Waals surface area contributed by atoms with Gasteiger partial charge in [-0.1, -0.05) is 48.5 Å². The fraction of sp³-hybridized carbons (Fsp3) is 0.469. The van der Waals surface area contributed by atoms with Crippen LogP contribution < -0.4 is 76.1 Å². The summed E-state index contributed by atoms with van der Waals surface area (Å²) in [5, 5.41) is 42.0. The van der Waals surface area contributed by atoms with E-state index < -0.39 is 108 Å². The molecule has 27 heteroatoms. The molecular weight excluding hydrogens is 987 g/mol. The van der Waals surface area contributed by atoms with E-state index in [0.29, 0.717) is 11.1 Å². The summed E-state index contributed by atoms with van der Waals surface area (Å²) in [5.74, 6) is -8.90. The number of hydrogen-bond donors (Lipinski definition) is 17. The summed E-state index contributed by atoms with van der Waals surface area (Å²) >= 11 is 0. The van der Waals surface area contributed by atoms with Crippen LogP contribution >= 0.6 is 0 Å². The third kappa shape index (κ3) is 20.6. The molecule has 27 nitrogen and oxygen atoms in total. The van der Waals surface area contributed by atoms with Crippen LogP contribution in [-0.4, -0.2) is 138 Å². The smallest absolute Gasteiger partial charge is 0.243 e. The third-order valence-corrected chi connectivity index (χ3v) is 12.2. The Balaban J connectivity index is 1.78. The van der Waals surface area contributed by atoms with Crippen molar-refractivity contribution in [3.05, 3.63) is 71.9 Å². The van der Waals surface area contributed by atoms with Gasteiger partial charge in [0.05, 0.1) is 0 Å². The topological polar surface area (TPSA) is 459 Å². The highest BCUT2D eigenvalue weighted by molar-refractivity contribution is 5.98. The Labute approximate surface area is 438 Å². The molecule has 7 atom stereocenters. The zero-order valence-corrected chi connectivity index (χ0v) is 42.3. The van der Waals surface area contributed by atoms with Crippen LogP contribution in [0, 0.1) is 10.8 Å². The van der Waals surface area contributed by atoms with Gasteiger partial charge in [0.15, 0.2) is 11.9 Å². The minimum absolute atomic E-state index is 0.0338. The predicted octanol–water partition coefficient (Wildman–Crippen LogP) is -3.67. The average molecular weight is 1060 g/mol. The van der Waals surface area contributed by atoms with E-state index in [0.717, 1.165) is 10.9 Å². The lowest BCUT2D eigenvalue weighted by molar-refractivity contribution is -0.136. The summed E-state index contributed by atoms with van der Waals surface area (Å²) in [6.07, 6.45) is 0.177. The maximum absolute atomic E-state index is 14.6. The average Bonchev–Trinajstić information content (AvgIpc) is 3.78. The number of carbonyl (C=O) groups excluding carboxylic acids is 10. The predicted molar refractivity (Wildman–Crippen MR) is 279 cm³/mol. The molecule has 1 aromatic heterocycles. The second-order valence-electron chi connectivity index (χ2n) is 18.3. The molecule has 412 valence electrons. The number of primary amides is 2. The van der Waals surface area contributed by atoms with Crippen LogP contribution in [0.15, 0.2) is 60.8 Å². The molecule has 1 saturated heterocycles. The number of H-pyrrole nitrogens is 1. The number of fused-ring (bicyclic) bond motifs is 1. The monoisotopic (exact) mass is 1060 g/mol. The number of amides is 10. The Morgan fingerprint density at radius 2 is 1.26 bits per heavy atom. The molecule has 0 aliphatic carbocycles. The van der Waals surface area contributed by atoms with Gasteiger partial charge in [-0.05, 0) is 68.6 Å². The molecular formula is C49H71N17O10. The van der Waals surface area contributed by atoms with E-state index in [1.54, 1.807) is 54.7 Å². The van der Waals surface area contributed by atoms with E-state index in [1.165, 1.54) is 6.92 Å². The Morgan fingerprint density at radius 3 is 1.91 bits per heavy atom. The number of nitrogens with two attached hydrogens (primary N) is 4. The first-order chi connectivity index (χ1) is 36.2. The first-order valence-corrected chi connectivity index (χ1v) is 24.9. The van der Waals surface area contributed by atoms with Gasteiger partial charge in [0, 0.05) is 69.3 Å². The van der Waals surface area contributed by atoms with Crippen molar-refractivity contribution in [3.63, 3.8) is 0 Å². The van der Waals surface area contributed by atoms with Gasteiger partial charge in [0.25, 0.3) is 0 Å². The Hall–Kier alpha value is -8.78. The number of hydrogen-bond acceptors (Lipinski definition) is 12. The van der Waals surface area contributed by atoms with Crippen LogP contribution in [0.25, 0.3) is 10.9 Å². The van der Waals surface area contributed by atoms with Gasteiger partial charge in [0.1, 0.15) is 42.3 Å². The van der Waals surface area contributed by atoms with Crippen molar-refractivity contribution in [2.24, 2.45) is 22.9 Å². The molecule has 10 amide bonds. The molecule has 76 heavy (non-hydrogen) atoms. The van der Waals surface area contributed by atoms with Crippen LogP contribution in [0.2, 0.25) is 0 Å². The molecule has 2 heterocycles. The van der Waals surface area contributed by atoms with Gasteiger partial charge in [-0.15, -0.1) is 0 Å². The van der Waals surface area contributed by atoms with Crippen molar-refractivity contribution in [3.8, 4) is 0 Å². The molecule has 0 spiro atoms. The third-order valence-electron chi connectivity index (χ3n) is 12.2. The van der Waals surface area contributed by atoms with E-state index in [1.807, 2.05) is 6.07 Å². The molecule has 3 aromatic rings. The molecule has 0 radical (unpaired) electrons. The van der Waals surface area contributed by atoms with Crippen LogP contribution in [0.4, 0.5) is 0 Å². The number of carbonyl (C=O) groups is 10. The summed E-state index contributed by atoms with van der Waals surface area (Å²) in [6.45, 7) is 1.37. The number of guanidine groups is 2. The van der Waals surface area contributed by atoms with Crippen molar-refractivity contribution in [2.75, 3.05) is 19.6 Å². The minimum atomic E-state index is -1.56. The quantitative estimate of drug-likeness (QED) is 0.0313. The summed E-state index contributed by atoms with van der Waals surface area (Å²) in [4.78, 5) is 139. The van der Waals surface area contributed by atoms with Gasteiger partial charge in [-0.25, -0.2) is 0 Å². The molecule has 1 aliphatic heterocycles. The number of rotatable bonds is 19. The van der Waals surface area contributed by atoms with E-state index in [2.05, 4.69) is 58.2 Å². The first kappa shape index (κ1) is 59.8. The second kappa shape index (κ2) is 30.4. The molecule has 1 aliphatic rings. The van der Waals surface area contributed by atoms with Crippen molar-refractivity contribution in [2.45, 2.75) is 126 Å². The van der Waals surface area contributed by atoms with Gasteiger partial charge in [0.2, 0.25) is 59.1 Å². The van der Waals surface area contributed by atoms with E-state index >= 15 is 0 Å². The van der Waals surface area contributed by atoms with Crippen LogP contribution in [0.1, 0.15) is 82.3 Å². The van der Waals surface area contributed by atoms with Crippen LogP contribution in [0.3, 0.4) is 0 Å². The van der Waals surface area contributed by atoms with Gasteiger partial charge in [-0.3, -0.25) is 58.8 Å². The summed E-state index contributed by atoms with van der Waals surface area (Å²) < 4.78 is 0. The van der Waals surface area contributed by atoms with E-state index in [4.69, 9.17) is 33.8 Å². The van der Waals surface area contributed by atoms with Crippen molar-refractivity contribution in [1.82, 2.24) is 58.2 Å². The Kier molecular flexibility index (Phi) is 23.9. The van der Waals surface area contributed by atoms with Gasteiger partial charge in [-0.2, -0.15) is 0 Å². The lowest BCUT2D eigenvalue weighted by Gasteiger charge is -2.28. The summed E-state index contributed by atoms with van der Waals surface area (Å²) in [5.41, 5.74) is 24.0. The fourth-order valence-electron chi connectivity index (χ4n) is 8.27. The zero-order chi connectivity index (χ0) is 55.7. The second-order valence-corrected chi connectivity index (χ2v) is 18.3. The lowest BCUT2D eigenvalue weighted by Crippen LogP contribution is -2.60. The zero-order valence-electron chi connectivity index (χ0n) is 42.3. The molecule has 4 unspecified atom stereocenters. The van der Waals surface area contributed by atoms with Gasteiger partial charge >= 0.3 is 0 Å². The molecule has 21 N–H and O–H groups in total. The van der Waals surface area contributed by atoms with E-state index in [-0.39, 0.29) is 102 Å². The normalized spacial score (nSPS) is 20.9. The van der Waals surface area contributed by atoms with Crippen molar-refractivity contribution >= 4 is 81.9 Å². The molecule has 0 saturated carbocycles. The van der Waals surface area contributed by atoms with Crippen molar-refractivity contribution in [1.29, 1.82) is 10.8 Å². The Bertz CT molecular complexity index is 2560. The number of para-hydroxylation sites is 1. The largest absolute Gasteiger partial charge is 0.370 e. The highest BCUT2D eigenvalue weighted by atomic mass is 16.2. The Morgan fingerprint density at radius 1 is 0.684 bits per heavy atom. The highest BCUT2D eigenvalue weighted by Gasteiger charge is 2.35. The van der Waals surface area contributed by atoms with E-state index in [9.17, 15) is 47.9 Å². The maximum atomic E-state index is 14.6. The van der Waals surface area contributed by atoms with Crippen LogP contribution in [0.5, 0.6) is 0 Å². The highest BCUT2D eigenvalue weighted by Crippen LogP contribution is 2.20. The minimum Gasteiger partial charge on any atom is -0.370 e. The number of nitrogens with one attached hydrogen (secondary N) is 13. The first-order valence-electron chi connectivity index (χ1n) is 24.9.